The van der Waals surface area contributed by atoms with E-state index in [-0.39, 0.29) is 11.5 Å². The maximum Gasteiger partial charge on any atom is 0.309 e. The van der Waals surface area contributed by atoms with Gasteiger partial charge < -0.3 is 20.4 Å². The lowest BCUT2D eigenvalue weighted by molar-refractivity contribution is -0.148. The molecule has 4 N–H and O–H groups in total. The van der Waals surface area contributed by atoms with Crippen molar-refractivity contribution in [2.45, 2.75) is 85.5 Å². The number of unbranched alkanes of at least 4 members (excludes halogenated alkanes) is 3. The number of hydrogen-bond donors (Lipinski definition) is 4. The van der Waals surface area contributed by atoms with Gasteiger partial charge >= 0.3 is 11.9 Å². The van der Waals surface area contributed by atoms with Crippen molar-refractivity contribution in [2.24, 2.45) is 10.8 Å². The molecule has 164 valence electrons. The molecule has 0 saturated carbocycles. The van der Waals surface area contributed by atoms with Crippen LogP contribution in [0.3, 0.4) is 0 Å². The van der Waals surface area contributed by atoms with Gasteiger partial charge in [-0.15, -0.1) is 0 Å². The first kappa shape index (κ1) is 24.8. The van der Waals surface area contributed by atoms with Crippen LogP contribution in [0, 0.1) is 10.8 Å². The Morgan fingerprint density at radius 2 is 1.24 bits per heavy atom. The van der Waals surface area contributed by atoms with Gasteiger partial charge in [0.05, 0.1) is 10.8 Å². The summed E-state index contributed by atoms with van der Waals surface area (Å²) in [6.45, 7) is 6.88. The molecule has 0 aliphatic heterocycles. The van der Waals surface area contributed by atoms with Crippen molar-refractivity contribution in [3.8, 4) is 11.5 Å². The van der Waals surface area contributed by atoms with Gasteiger partial charge in [0.25, 0.3) is 0 Å². The van der Waals surface area contributed by atoms with E-state index in [1.807, 2.05) is 6.07 Å². The summed E-state index contributed by atoms with van der Waals surface area (Å²) < 4.78 is 0. The number of phenols is 2. The highest BCUT2D eigenvalue weighted by atomic mass is 16.4. The third-order valence-corrected chi connectivity index (χ3v) is 5.65. The zero-order valence-corrected chi connectivity index (χ0v) is 18.1. The maximum absolute atomic E-state index is 11.2. The molecule has 0 spiro atoms. The minimum Gasteiger partial charge on any atom is -0.504 e. The summed E-state index contributed by atoms with van der Waals surface area (Å²) in [6, 6.07) is 3.47. The predicted octanol–water partition coefficient (Wildman–Crippen LogP) is 5.14. The third kappa shape index (κ3) is 7.95. The summed E-state index contributed by atoms with van der Waals surface area (Å²) in [4.78, 5) is 22.3. The summed E-state index contributed by atoms with van der Waals surface area (Å²) in [5, 5.41) is 38.5. The van der Waals surface area contributed by atoms with Crippen molar-refractivity contribution in [3.63, 3.8) is 0 Å². The second-order valence-electron chi connectivity index (χ2n) is 9.27. The van der Waals surface area contributed by atoms with Gasteiger partial charge in [0.15, 0.2) is 11.5 Å². The molecule has 0 aliphatic carbocycles. The van der Waals surface area contributed by atoms with Crippen molar-refractivity contribution in [1.82, 2.24) is 0 Å². The Kier molecular flexibility index (Phi) is 8.99. The molecule has 29 heavy (non-hydrogen) atoms. The number of hydrogen-bond acceptors (Lipinski definition) is 4. The molecule has 1 rings (SSSR count). The van der Waals surface area contributed by atoms with Crippen molar-refractivity contribution in [3.05, 3.63) is 23.3 Å². The van der Waals surface area contributed by atoms with Crippen LogP contribution in [0.15, 0.2) is 12.1 Å². The topological polar surface area (TPSA) is 115 Å². The van der Waals surface area contributed by atoms with Crippen molar-refractivity contribution in [2.75, 3.05) is 0 Å². The lowest BCUT2D eigenvalue weighted by Gasteiger charge is -2.19. The normalized spacial score (nSPS) is 12.1. The van der Waals surface area contributed by atoms with E-state index < -0.39 is 22.8 Å². The fourth-order valence-electron chi connectivity index (χ4n) is 3.25. The van der Waals surface area contributed by atoms with Crippen LogP contribution in [0.5, 0.6) is 11.5 Å². The van der Waals surface area contributed by atoms with Gasteiger partial charge in [-0.2, -0.15) is 0 Å². The second kappa shape index (κ2) is 10.5. The lowest BCUT2D eigenvalue weighted by atomic mass is 9.86. The zero-order valence-electron chi connectivity index (χ0n) is 18.1. The molecule has 1 aromatic carbocycles. The second-order valence-corrected chi connectivity index (χ2v) is 9.27. The third-order valence-electron chi connectivity index (χ3n) is 5.65. The van der Waals surface area contributed by atoms with Crippen molar-refractivity contribution >= 4 is 11.9 Å². The quantitative estimate of drug-likeness (QED) is 0.265. The average molecular weight is 409 g/mol. The first-order valence-corrected chi connectivity index (χ1v) is 10.4. The molecular formula is C23H36O6. The monoisotopic (exact) mass is 408 g/mol. The molecule has 0 amide bonds. The highest BCUT2D eigenvalue weighted by Crippen LogP contribution is 2.33. The van der Waals surface area contributed by atoms with E-state index in [4.69, 9.17) is 10.2 Å². The van der Waals surface area contributed by atoms with Gasteiger partial charge in [0, 0.05) is 0 Å². The minimum absolute atomic E-state index is 0.0911. The smallest absolute Gasteiger partial charge is 0.309 e. The molecule has 0 saturated heterocycles. The predicted molar refractivity (Wildman–Crippen MR) is 112 cm³/mol. The van der Waals surface area contributed by atoms with Crippen molar-refractivity contribution < 1.29 is 30.0 Å². The summed E-state index contributed by atoms with van der Waals surface area (Å²) in [5.41, 5.74) is 0.159. The highest BCUT2D eigenvalue weighted by Gasteiger charge is 2.26. The summed E-state index contributed by atoms with van der Waals surface area (Å²) in [6.07, 6.45) is 6.56. The van der Waals surface area contributed by atoms with E-state index in [1.54, 1.807) is 33.8 Å². The summed E-state index contributed by atoms with van der Waals surface area (Å²) in [7, 11) is 0. The Labute approximate surface area is 173 Å². The van der Waals surface area contributed by atoms with Crippen LogP contribution in [-0.2, 0) is 22.4 Å². The van der Waals surface area contributed by atoms with Crippen LogP contribution in [0.25, 0.3) is 0 Å². The molecule has 0 fully saturated rings. The molecule has 0 heterocycles. The van der Waals surface area contributed by atoms with Crippen LogP contribution in [0.4, 0.5) is 0 Å². The average Bonchev–Trinajstić information content (AvgIpc) is 2.61. The Balaban J connectivity index is 2.53. The first-order chi connectivity index (χ1) is 13.4. The number of aromatic hydroxyl groups is 2. The van der Waals surface area contributed by atoms with E-state index in [9.17, 15) is 19.8 Å². The van der Waals surface area contributed by atoms with Crippen LogP contribution in [-0.4, -0.2) is 32.4 Å². The molecular weight excluding hydrogens is 372 g/mol. The number of aryl methyl sites for hydroxylation is 2. The van der Waals surface area contributed by atoms with Gasteiger partial charge in [-0.1, -0.05) is 25.3 Å². The minimum atomic E-state index is -0.797. The Morgan fingerprint density at radius 3 is 1.76 bits per heavy atom. The van der Waals surface area contributed by atoms with Gasteiger partial charge in [-0.25, -0.2) is 0 Å². The largest absolute Gasteiger partial charge is 0.504 e. The number of carbonyl (C=O) groups is 2. The molecule has 0 aliphatic rings. The molecule has 0 unspecified atom stereocenters. The van der Waals surface area contributed by atoms with E-state index in [0.717, 1.165) is 37.7 Å². The number of benzene rings is 1. The maximum atomic E-state index is 11.2. The summed E-state index contributed by atoms with van der Waals surface area (Å²) >= 11 is 0. The highest BCUT2D eigenvalue weighted by molar-refractivity contribution is 5.73. The SMILES string of the molecule is CC(C)(CCCCCc1cc(CCCCC(C)(C)C(=O)O)cc(O)c1O)C(=O)O. The number of carboxylic acid groups (broad SMARTS) is 2. The number of rotatable bonds is 13. The standard InChI is InChI=1S/C23H36O6/c1-22(2,20(26)27)12-8-5-6-11-17-14-16(15-18(24)19(17)25)10-7-9-13-23(3,4)21(28)29/h14-15,24-25H,5-13H2,1-4H3,(H,26,27)(H,28,29). The molecule has 1 aromatic rings. The van der Waals surface area contributed by atoms with Gasteiger partial charge in [-0.05, 0) is 83.4 Å². The molecule has 6 heteroatoms. The van der Waals surface area contributed by atoms with Crippen LogP contribution in [0.1, 0.15) is 83.8 Å². The van der Waals surface area contributed by atoms with E-state index >= 15 is 0 Å². The van der Waals surface area contributed by atoms with Gasteiger partial charge in [0.2, 0.25) is 0 Å². The number of phenolic OH excluding ortho intramolecular Hbond substituents is 2. The van der Waals surface area contributed by atoms with Gasteiger partial charge in [-0.3, -0.25) is 9.59 Å². The molecule has 0 bridgehead atoms. The fraction of sp³-hybridized carbons (Fsp3) is 0.652. The van der Waals surface area contributed by atoms with Gasteiger partial charge in [0.1, 0.15) is 0 Å². The fourth-order valence-corrected chi connectivity index (χ4v) is 3.25. The Morgan fingerprint density at radius 1 is 0.759 bits per heavy atom. The van der Waals surface area contributed by atoms with E-state index in [0.29, 0.717) is 31.2 Å². The molecule has 0 atom stereocenters. The van der Waals surface area contributed by atoms with Crippen molar-refractivity contribution in [1.29, 1.82) is 0 Å². The lowest BCUT2D eigenvalue weighted by Crippen LogP contribution is -2.23. The first-order valence-electron chi connectivity index (χ1n) is 10.4. The van der Waals surface area contributed by atoms with Crippen LogP contribution in [0.2, 0.25) is 0 Å². The molecule has 0 radical (unpaired) electrons. The zero-order chi connectivity index (χ0) is 22.2. The summed E-state index contributed by atoms with van der Waals surface area (Å²) in [5.74, 6) is -1.81. The van der Waals surface area contributed by atoms with Crippen LogP contribution < -0.4 is 0 Å². The number of carboxylic acids is 2. The van der Waals surface area contributed by atoms with Crippen LogP contribution >= 0.6 is 0 Å². The van der Waals surface area contributed by atoms with E-state index in [1.165, 1.54) is 0 Å². The Bertz CT molecular complexity index is 706. The van der Waals surface area contributed by atoms with E-state index in [2.05, 4.69) is 0 Å². The number of aliphatic carboxylic acids is 2. The molecule has 6 nitrogen and oxygen atoms in total. The Hall–Kier alpha value is -2.24. The molecule has 0 aromatic heterocycles.